The van der Waals surface area contributed by atoms with Crippen LogP contribution in [0.15, 0.2) is 84.4 Å². The second kappa shape index (κ2) is 10.1. The van der Waals surface area contributed by atoms with Crippen LogP contribution in [0.25, 0.3) is 33.6 Å². The molecule has 3 heterocycles. The van der Waals surface area contributed by atoms with E-state index in [9.17, 15) is 14.4 Å². The number of carbonyl (C=O) groups is 3. The molecule has 6 rings (SSSR count). The predicted octanol–water partition coefficient (Wildman–Crippen LogP) is 5.24. The number of methoxy groups -OCH3 is 1. The molecule has 0 saturated heterocycles. The topological polar surface area (TPSA) is 105 Å². The molecule has 0 fully saturated rings. The number of fused-ring (bicyclic) bond motifs is 1. The highest BCUT2D eigenvalue weighted by atomic mass is 16.7. The lowest BCUT2D eigenvalue weighted by Crippen LogP contribution is -2.42. The first-order valence-corrected chi connectivity index (χ1v) is 13.4. The van der Waals surface area contributed by atoms with Crippen molar-refractivity contribution in [2.24, 2.45) is 0 Å². The van der Waals surface area contributed by atoms with Crippen LogP contribution in [0.4, 0.5) is 0 Å². The number of aromatic nitrogens is 2. The van der Waals surface area contributed by atoms with Crippen LogP contribution in [0, 0.1) is 0 Å². The van der Waals surface area contributed by atoms with Crippen molar-refractivity contribution < 1.29 is 28.6 Å². The Morgan fingerprint density at radius 2 is 1.34 bits per heavy atom. The molecule has 1 spiro atoms. The predicted molar refractivity (Wildman–Crippen MR) is 152 cm³/mol. The summed E-state index contributed by atoms with van der Waals surface area (Å²) in [7, 11) is 1.16. The highest BCUT2D eigenvalue weighted by Gasteiger charge is 2.62. The standard InChI is InChI=1S/C33H26N2O6/c1-4-19-10-14-21(15-11-19)28-29(35-25-9-7-6-8-24(25)34-28)27-30(22-16-12-20(5-2)13-17-22)41-33(31(27)37)23(32(38)39-3)18-26(36)40-33/h6-18H,4-5H2,1-3H3. The Morgan fingerprint density at radius 1 is 0.780 bits per heavy atom. The van der Waals surface area contributed by atoms with Crippen molar-refractivity contribution in [1.82, 2.24) is 9.97 Å². The molecule has 3 aromatic carbocycles. The van der Waals surface area contributed by atoms with Crippen LogP contribution in [0.2, 0.25) is 0 Å². The van der Waals surface area contributed by atoms with Crippen LogP contribution in [0.1, 0.15) is 36.2 Å². The first-order valence-electron chi connectivity index (χ1n) is 13.4. The molecular formula is C33H26N2O6. The molecule has 0 N–H and O–H groups in total. The lowest BCUT2D eigenvalue weighted by atomic mass is 9.93. The zero-order chi connectivity index (χ0) is 28.7. The van der Waals surface area contributed by atoms with E-state index < -0.39 is 23.5 Å². The largest absolute Gasteiger partial charge is 0.465 e. The fraction of sp³-hybridized carbons (Fsp3) is 0.182. The number of Topliss-reactive ketones (excluding diaryl/α,β-unsaturated/α-hetero) is 1. The van der Waals surface area contributed by atoms with Gasteiger partial charge >= 0.3 is 17.7 Å². The molecule has 0 amide bonds. The number of rotatable bonds is 6. The van der Waals surface area contributed by atoms with E-state index >= 15 is 0 Å². The fourth-order valence-corrected chi connectivity index (χ4v) is 5.08. The summed E-state index contributed by atoms with van der Waals surface area (Å²) in [4.78, 5) is 49.5. The third-order valence-electron chi connectivity index (χ3n) is 7.33. The van der Waals surface area contributed by atoms with E-state index in [1.165, 1.54) is 0 Å². The van der Waals surface area contributed by atoms with Gasteiger partial charge in [0, 0.05) is 17.2 Å². The van der Waals surface area contributed by atoms with Gasteiger partial charge in [0.1, 0.15) is 17.0 Å². The van der Waals surface area contributed by atoms with Gasteiger partial charge in [-0.1, -0.05) is 74.5 Å². The quantitative estimate of drug-likeness (QED) is 0.303. The van der Waals surface area contributed by atoms with Crippen LogP contribution in [0.3, 0.4) is 0 Å². The van der Waals surface area contributed by atoms with Gasteiger partial charge in [-0.15, -0.1) is 0 Å². The number of benzene rings is 3. The number of carbonyl (C=O) groups excluding carboxylic acids is 3. The minimum absolute atomic E-state index is 0.0478. The minimum atomic E-state index is -2.34. The summed E-state index contributed by atoms with van der Waals surface area (Å²) in [5.74, 6) is -4.76. The number of nitrogens with zero attached hydrogens (tertiary/aromatic N) is 2. The van der Waals surface area contributed by atoms with E-state index in [2.05, 4.69) is 6.92 Å². The highest BCUT2D eigenvalue weighted by Crippen LogP contribution is 2.49. The van der Waals surface area contributed by atoms with E-state index in [4.69, 9.17) is 24.2 Å². The zero-order valence-electron chi connectivity index (χ0n) is 22.8. The van der Waals surface area contributed by atoms with Crippen LogP contribution in [0.5, 0.6) is 0 Å². The second-order valence-corrected chi connectivity index (χ2v) is 9.73. The van der Waals surface area contributed by atoms with Crippen LogP contribution >= 0.6 is 0 Å². The van der Waals surface area contributed by atoms with Gasteiger partial charge in [0.2, 0.25) is 0 Å². The molecule has 1 aromatic heterocycles. The molecule has 1 unspecified atom stereocenters. The highest BCUT2D eigenvalue weighted by molar-refractivity contribution is 6.36. The molecule has 41 heavy (non-hydrogen) atoms. The number of ketones is 1. The second-order valence-electron chi connectivity index (χ2n) is 9.73. The average molecular weight is 547 g/mol. The molecule has 0 bridgehead atoms. The first kappa shape index (κ1) is 26.1. The molecular weight excluding hydrogens is 520 g/mol. The number of para-hydroxylation sites is 2. The Morgan fingerprint density at radius 3 is 1.90 bits per heavy atom. The summed E-state index contributed by atoms with van der Waals surface area (Å²) in [6.45, 7) is 4.11. The van der Waals surface area contributed by atoms with Crippen molar-refractivity contribution in [2.45, 2.75) is 32.5 Å². The van der Waals surface area contributed by atoms with E-state index in [0.717, 1.165) is 42.7 Å². The number of aryl methyl sites for hydroxylation is 2. The van der Waals surface area contributed by atoms with Gasteiger partial charge in [0.15, 0.2) is 0 Å². The molecule has 0 saturated carbocycles. The van der Waals surface area contributed by atoms with E-state index in [-0.39, 0.29) is 22.6 Å². The molecule has 2 aliphatic heterocycles. The number of hydrogen-bond donors (Lipinski definition) is 0. The lowest BCUT2D eigenvalue weighted by molar-refractivity contribution is -0.182. The summed E-state index contributed by atoms with van der Waals surface area (Å²) < 4.78 is 16.6. The molecule has 8 heteroatoms. The van der Waals surface area contributed by atoms with Crippen molar-refractivity contribution in [1.29, 1.82) is 0 Å². The van der Waals surface area contributed by atoms with Crippen molar-refractivity contribution in [3.63, 3.8) is 0 Å². The molecule has 204 valence electrons. The SMILES string of the molecule is CCc1ccc(C2=C(c3nc4ccccc4nc3-c3ccc(CC)cc3)C(=O)C3(OC(=O)C=C3C(=O)OC)O2)cc1. The molecule has 1 atom stereocenters. The third kappa shape index (κ3) is 4.28. The fourth-order valence-electron chi connectivity index (χ4n) is 5.08. The van der Waals surface area contributed by atoms with E-state index in [1.807, 2.05) is 73.7 Å². The van der Waals surface area contributed by atoms with Gasteiger partial charge in [0.25, 0.3) is 5.78 Å². The molecule has 4 aromatic rings. The van der Waals surface area contributed by atoms with Gasteiger partial charge in [0.05, 0.1) is 29.4 Å². The molecule has 0 aliphatic carbocycles. The normalized spacial score (nSPS) is 18.1. The maximum atomic E-state index is 14.5. The maximum absolute atomic E-state index is 14.5. The van der Waals surface area contributed by atoms with Gasteiger partial charge in [-0.05, 0) is 36.1 Å². The number of esters is 2. The van der Waals surface area contributed by atoms with Crippen LogP contribution < -0.4 is 0 Å². The van der Waals surface area contributed by atoms with Crippen molar-refractivity contribution in [3.05, 3.63) is 107 Å². The summed E-state index contributed by atoms with van der Waals surface area (Å²) >= 11 is 0. The summed E-state index contributed by atoms with van der Waals surface area (Å²) in [5.41, 5.74) is 5.13. The van der Waals surface area contributed by atoms with Gasteiger partial charge in [-0.2, -0.15) is 0 Å². The van der Waals surface area contributed by atoms with Crippen LogP contribution in [-0.2, 0) is 41.4 Å². The molecule has 0 radical (unpaired) electrons. The van der Waals surface area contributed by atoms with E-state index in [0.29, 0.717) is 22.3 Å². The van der Waals surface area contributed by atoms with Gasteiger partial charge in [-0.3, -0.25) is 4.79 Å². The number of ether oxygens (including phenoxy) is 3. The maximum Gasteiger partial charge on any atom is 0.354 e. The van der Waals surface area contributed by atoms with Gasteiger partial charge in [-0.25, -0.2) is 19.6 Å². The smallest absolute Gasteiger partial charge is 0.354 e. The molecule has 2 aliphatic rings. The van der Waals surface area contributed by atoms with Gasteiger partial charge < -0.3 is 14.2 Å². The lowest BCUT2D eigenvalue weighted by Gasteiger charge is -2.23. The Kier molecular flexibility index (Phi) is 6.46. The Balaban J connectivity index is 1.64. The van der Waals surface area contributed by atoms with Crippen molar-refractivity contribution in [2.75, 3.05) is 7.11 Å². The minimum Gasteiger partial charge on any atom is -0.465 e. The van der Waals surface area contributed by atoms with Crippen molar-refractivity contribution in [3.8, 4) is 11.3 Å². The monoisotopic (exact) mass is 546 g/mol. The summed E-state index contributed by atoms with van der Waals surface area (Å²) in [6.07, 6.45) is 2.61. The first-order chi connectivity index (χ1) is 19.9. The average Bonchev–Trinajstić information content (AvgIpc) is 3.51. The van der Waals surface area contributed by atoms with E-state index in [1.54, 1.807) is 6.07 Å². The van der Waals surface area contributed by atoms with Crippen molar-refractivity contribution >= 4 is 40.1 Å². The Labute approximate surface area is 236 Å². The Hall–Kier alpha value is -5.11. The zero-order valence-corrected chi connectivity index (χ0v) is 22.8. The number of hydrogen-bond acceptors (Lipinski definition) is 8. The van der Waals surface area contributed by atoms with Crippen LogP contribution in [-0.4, -0.2) is 40.6 Å². The Bertz CT molecular complexity index is 1790. The summed E-state index contributed by atoms with van der Waals surface area (Å²) in [5, 5.41) is 0. The molecule has 8 nitrogen and oxygen atoms in total. The summed E-state index contributed by atoms with van der Waals surface area (Å²) in [6, 6.07) is 22.7. The third-order valence-corrected chi connectivity index (χ3v) is 7.33.